The maximum Gasteiger partial charge on any atom is 0.307 e. The molecule has 1 saturated heterocycles. The van der Waals surface area contributed by atoms with E-state index in [2.05, 4.69) is 4.74 Å². The lowest BCUT2D eigenvalue weighted by Gasteiger charge is -2.50. The summed E-state index contributed by atoms with van der Waals surface area (Å²) < 4.78 is 4.56. The van der Waals surface area contributed by atoms with E-state index in [4.69, 9.17) is 0 Å². The first kappa shape index (κ1) is 15.2. The molecule has 6 N–H and O–H groups in total. The van der Waals surface area contributed by atoms with Gasteiger partial charge in [0, 0.05) is 25.7 Å². The molecule has 8 atom stereocenters. The van der Waals surface area contributed by atoms with Crippen LogP contribution in [-0.2, 0) is 4.79 Å². The van der Waals surface area contributed by atoms with Gasteiger partial charge >= 0.3 is 5.97 Å². The Morgan fingerprint density at radius 3 is 1.62 bits per heavy atom. The summed E-state index contributed by atoms with van der Waals surface area (Å²) in [6, 6.07) is 0. The van der Waals surface area contributed by atoms with Gasteiger partial charge < -0.3 is 30.3 Å². The number of hydrogen-bond donors (Lipinski definition) is 5. The third kappa shape index (κ3) is 2.57. The maximum atomic E-state index is 11.7. The number of aliphatic hydroxyl groups excluding tert-OH is 4. The smallest absolute Gasteiger partial charge is 0.307 e. The first-order valence-electron chi connectivity index (χ1n) is 7.53. The normalized spacial score (nSPS) is 53.6. The van der Waals surface area contributed by atoms with Crippen molar-refractivity contribution >= 4 is 5.97 Å². The summed E-state index contributed by atoms with van der Waals surface area (Å²) in [6.07, 6.45) is -3.11. The molecule has 3 rings (SSSR count). The highest BCUT2D eigenvalue weighted by molar-refractivity contribution is 5.71. The molecule has 0 spiro atoms. The first-order valence-corrected chi connectivity index (χ1v) is 7.53. The van der Waals surface area contributed by atoms with Crippen molar-refractivity contribution < 1.29 is 35.1 Å². The Bertz CT molecular complexity index is 384. The van der Waals surface area contributed by atoms with E-state index in [0.717, 1.165) is 0 Å². The predicted octanol–water partition coefficient (Wildman–Crippen LogP) is -1.77. The highest BCUT2D eigenvalue weighted by Crippen LogP contribution is 2.46. The molecular formula is C14H23O7+. The van der Waals surface area contributed by atoms with Crippen LogP contribution in [0.15, 0.2) is 0 Å². The summed E-state index contributed by atoms with van der Waals surface area (Å²) in [5.74, 6) is -3.07. The van der Waals surface area contributed by atoms with Gasteiger partial charge in [-0.05, 0) is 0 Å². The van der Waals surface area contributed by atoms with Crippen LogP contribution in [0.1, 0.15) is 25.7 Å². The summed E-state index contributed by atoms with van der Waals surface area (Å²) >= 11 is 0. The van der Waals surface area contributed by atoms with Gasteiger partial charge in [-0.3, -0.25) is 4.79 Å². The molecule has 0 aromatic rings. The molecule has 1 heterocycles. The van der Waals surface area contributed by atoms with Crippen molar-refractivity contribution in [2.75, 3.05) is 0 Å². The Morgan fingerprint density at radius 1 is 0.810 bits per heavy atom. The van der Waals surface area contributed by atoms with E-state index >= 15 is 0 Å². The highest BCUT2D eigenvalue weighted by atomic mass is 16.5. The minimum Gasteiger partial charge on any atom is -0.481 e. The van der Waals surface area contributed by atoms with Gasteiger partial charge in [-0.25, -0.2) is 0 Å². The van der Waals surface area contributed by atoms with Crippen LogP contribution in [0.25, 0.3) is 0 Å². The molecule has 0 aromatic carbocycles. The topological polar surface area (TPSA) is 131 Å². The van der Waals surface area contributed by atoms with Crippen molar-refractivity contribution in [3.8, 4) is 0 Å². The van der Waals surface area contributed by atoms with Crippen molar-refractivity contribution in [1.29, 1.82) is 0 Å². The second-order valence-electron chi connectivity index (χ2n) is 6.69. The van der Waals surface area contributed by atoms with Crippen LogP contribution in [0.5, 0.6) is 0 Å². The number of carbonyl (C=O) groups is 1. The molecule has 8 unspecified atom stereocenters. The monoisotopic (exact) mass is 303 g/mol. The number of carboxylic acid groups (broad SMARTS) is 1. The summed E-state index contributed by atoms with van der Waals surface area (Å²) in [7, 11) is 0. The molecule has 7 heteroatoms. The fraction of sp³-hybridized carbons (Fsp3) is 0.929. The Labute approximate surface area is 122 Å². The van der Waals surface area contributed by atoms with E-state index in [1.165, 1.54) is 0 Å². The summed E-state index contributed by atoms with van der Waals surface area (Å²) in [6.45, 7) is 0. The molecule has 3 aliphatic rings. The van der Waals surface area contributed by atoms with Crippen molar-refractivity contribution in [2.24, 2.45) is 17.8 Å². The molecule has 0 bridgehead atoms. The van der Waals surface area contributed by atoms with Crippen LogP contribution < -0.4 is 0 Å². The number of rotatable bonds is 1. The molecule has 3 fully saturated rings. The molecule has 7 nitrogen and oxygen atoms in total. The molecule has 1 aliphatic heterocycles. The van der Waals surface area contributed by atoms with Crippen molar-refractivity contribution in [3.63, 3.8) is 0 Å². The van der Waals surface area contributed by atoms with E-state index < -0.39 is 60.3 Å². The number of aliphatic carboxylic acids is 1. The second-order valence-corrected chi connectivity index (χ2v) is 6.69. The minimum atomic E-state index is -1.04. The first-order chi connectivity index (χ1) is 9.88. The van der Waals surface area contributed by atoms with E-state index in [0.29, 0.717) is 12.8 Å². The van der Waals surface area contributed by atoms with Crippen LogP contribution in [0.3, 0.4) is 0 Å². The SMILES string of the molecule is O=C(O)C1C2C(O)CC(O)CC2[OH+]C2CC(O)CC(O)C21. The molecule has 0 radical (unpaired) electrons. The van der Waals surface area contributed by atoms with Gasteiger partial charge in [-0.2, -0.15) is 0 Å². The van der Waals surface area contributed by atoms with Gasteiger partial charge in [-0.15, -0.1) is 0 Å². The fourth-order valence-corrected chi connectivity index (χ4v) is 4.56. The maximum absolute atomic E-state index is 11.7. The zero-order chi connectivity index (χ0) is 15.3. The number of aliphatic hydroxyl groups is 6. The van der Waals surface area contributed by atoms with Crippen molar-refractivity contribution in [3.05, 3.63) is 0 Å². The van der Waals surface area contributed by atoms with Crippen LogP contribution in [-0.4, -0.2) is 72.9 Å². The van der Waals surface area contributed by atoms with Gasteiger partial charge in [-0.1, -0.05) is 0 Å². The number of ether oxygens (including phenoxy) is 1. The summed E-state index contributed by atoms with van der Waals surface area (Å²) in [4.78, 5) is 11.7. The molecular weight excluding hydrogens is 280 g/mol. The van der Waals surface area contributed by atoms with Crippen molar-refractivity contribution in [2.45, 2.75) is 62.3 Å². The Kier molecular flexibility index (Phi) is 3.96. The lowest BCUT2D eigenvalue weighted by molar-refractivity contribution is -0.310. The fourth-order valence-electron chi connectivity index (χ4n) is 4.56. The molecule has 120 valence electrons. The van der Waals surface area contributed by atoms with Crippen molar-refractivity contribution in [1.82, 2.24) is 0 Å². The predicted molar refractivity (Wildman–Crippen MR) is 70.4 cm³/mol. The van der Waals surface area contributed by atoms with Gasteiger partial charge in [0.1, 0.15) is 0 Å². The van der Waals surface area contributed by atoms with E-state index in [1.807, 2.05) is 0 Å². The summed E-state index contributed by atoms with van der Waals surface area (Å²) in [5.41, 5.74) is 0. The molecule has 2 aliphatic carbocycles. The van der Waals surface area contributed by atoms with E-state index in [-0.39, 0.29) is 12.8 Å². The third-order valence-corrected chi connectivity index (χ3v) is 5.33. The van der Waals surface area contributed by atoms with Gasteiger partial charge in [0.2, 0.25) is 0 Å². The lowest BCUT2D eigenvalue weighted by atomic mass is 9.62. The highest BCUT2D eigenvalue weighted by Gasteiger charge is 2.60. The molecule has 2 saturated carbocycles. The van der Waals surface area contributed by atoms with Gasteiger partial charge in [0.05, 0.1) is 42.2 Å². The van der Waals surface area contributed by atoms with Crippen LogP contribution in [0.2, 0.25) is 0 Å². The van der Waals surface area contributed by atoms with Crippen LogP contribution in [0, 0.1) is 17.8 Å². The number of fused-ring (bicyclic) bond motifs is 2. The molecule has 21 heavy (non-hydrogen) atoms. The molecule has 0 aromatic heterocycles. The van der Waals surface area contributed by atoms with E-state index in [1.54, 1.807) is 0 Å². The Hall–Kier alpha value is -0.730. The standard InChI is InChI=1S/C14H22O7/c15-5-1-7(17)11-9(3-5)21-10-4-6(16)2-8(18)12(10)13(11)14(19)20/h5-13,15-18H,1-4H2,(H,19,20)/p+1. The van der Waals surface area contributed by atoms with Gasteiger partial charge in [0.25, 0.3) is 0 Å². The van der Waals surface area contributed by atoms with Gasteiger partial charge in [0.15, 0.2) is 12.2 Å². The average molecular weight is 303 g/mol. The lowest BCUT2D eigenvalue weighted by Crippen LogP contribution is -2.64. The minimum absolute atomic E-state index is 0.149. The second kappa shape index (κ2) is 5.48. The Balaban J connectivity index is 1.92. The zero-order valence-corrected chi connectivity index (χ0v) is 11.6. The number of hydrogen-bond acceptors (Lipinski definition) is 5. The van der Waals surface area contributed by atoms with Crippen LogP contribution in [0.4, 0.5) is 0 Å². The Morgan fingerprint density at radius 2 is 1.24 bits per heavy atom. The average Bonchev–Trinajstić information content (AvgIpc) is 2.35. The summed E-state index contributed by atoms with van der Waals surface area (Å²) in [5, 5.41) is 49.6. The quantitative estimate of drug-likeness (QED) is 0.364. The zero-order valence-electron chi connectivity index (χ0n) is 11.6. The number of carboxylic acids is 1. The van der Waals surface area contributed by atoms with E-state index in [9.17, 15) is 30.3 Å². The molecule has 0 amide bonds. The van der Waals surface area contributed by atoms with Crippen LogP contribution >= 0.6 is 0 Å². The third-order valence-electron chi connectivity index (χ3n) is 5.33. The largest absolute Gasteiger partial charge is 0.481 e.